The van der Waals surface area contributed by atoms with Crippen molar-refractivity contribution in [3.05, 3.63) is 18.3 Å². The second-order valence-electron chi connectivity index (χ2n) is 3.95. The third-order valence-electron chi connectivity index (χ3n) is 2.41. The number of nitrogens with two attached hydrogens (primary N) is 1. The average Bonchev–Trinajstić information content (AvgIpc) is 2.29. The summed E-state index contributed by atoms with van der Waals surface area (Å²) in [6.45, 7) is 6.04. The number of anilines is 2. The van der Waals surface area contributed by atoms with Crippen molar-refractivity contribution in [1.82, 2.24) is 10.2 Å². The molecule has 1 aromatic rings. The van der Waals surface area contributed by atoms with Gasteiger partial charge >= 0.3 is 0 Å². The van der Waals surface area contributed by atoms with Gasteiger partial charge < -0.3 is 15.9 Å². The molecule has 1 unspecified atom stereocenters. The first-order valence-electron chi connectivity index (χ1n) is 5.60. The fourth-order valence-electron chi connectivity index (χ4n) is 1.56. The fraction of sp³-hybridized carbons (Fsp3) is 0.545. The maximum Gasteiger partial charge on any atom is 0.178 e. The summed E-state index contributed by atoms with van der Waals surface area (Å²) >= 11 is 0. The molecule has 0 bridgehead atoms. The molecule has 4 nitrogen and oxygen atoms in total. The zero-order valence-corrected chi connectivity index (χ0v) is 9.98. The second-order valence-corrected chi connectivity index (χ2v) is 3.95. The Bertz CT molecular complexity index is 301. The first-order chi connectivity index (χ1) is 7.67. The summed E-state index contributed by atoms with van der Waals surface area (Å²) in [6, 6.07) is 4.05. The summed E-state index contributed by atoms with van der Waals surface area (Å²) in [5.74, 6) is 0.546. The zero-order valence-electron chi connectivity index (χ0n) is 9.98. The van der Waals surface area contributed by atoms with Gasteiger partial charge in [0.1, 0.15) is 5.82 Å². The highest BCUT2D eigenvalue weighted by atomic mass is 15.1. The minimum atomic E-state index is 0.240. The lowest BCUT2D eigenvalue weighted by molar-refractivity contribution is 0.633. The Kier molecular flexibility index (Phi) is 5.12. The Hall–Kier alpha value is -1.23. The number of hydrogen-bond acceptors (Lipinski definition) is 4. The van der Waals surface area contributed by atoms with E-state index in [2.05, 4.69) is 22.0 Å². The number of nitrogens with one attached hydrogen (secondary N) is 1. The van der Waals surface area contributed by atoms with Gasteiger partial charge in [-0.05, 0) is 25.5 Å². The summed E-state index contributed by atoms with van der Waals surface area (Å²) < 4.78 is 0. The SMILES string of the molecule is [B]NC(C)CN(CCC)c1ccc(N)nc1. The van der Waals surface area contributed by atoms with E-state index in [4.69, 9.17) is 13.7 Å². The normalized spacial score (nSPS) is 12.4. The van der Waals surface area contributed by atoms with Gasteiger partial charge in [0.05, 0.1) is 11.9 Å². The van der Waals surface area contributed by atoms with E-state index in [1.807, 2.05) is 19.1 Å². The molecule has 0 amide bonds. The van der Waals surface area contributed by atoms with Crippen LogP contribution in [0.4, 0.5) is 11.5 Å². The first-order valence-corrected chi connectivity index (χ1v) is 5.60. The highest BCUT2D eigenvalue weighted by Crippen LogP contribution is 2.14. The average molecular weight is 218 g/mol. The van der Waals surface area contributed by atoms with E-state index >= 15 is 0 Å². The molecule has 0 aliphatic heterocycles. The number of nitrogen functional groups attached to an aromatic ring is 1. The lowest BCUT2D eigenvalue weighted by Gasteiger charge is -2.27. The van der Waals surface area contributed by atoms with Crippen LogP contribution in [0.1, 0.15) is 20.3 Å². The summed E-state index contributed by atoms with van der Waals surface area (Å²) in [4.78, 5) is 6.35. The van der Waals surface area contributed by atoms with E-state index in [1.54, 1.807) is 6.20 Å². The second kappa shape index (κ2) is 6.38. The largest absolute Gasteiger partial charge is 0.384 e. The minimum Gasteiger partial charge on any atom is -0.384 e. The maximum absolute atomic E-state index is 5.57. The van der Waals surface area contributed by atoms with Crippen molar-refractivity contribution in [1.29, 1.82) is 0 Å². The molecule has 0 aliphatic carbocycles. The van der Waals surface area contributed by atoms with Crippen molar-refractivity contribution in [3.63, 3.8) is 0 Å². The van der Waals surface area contributed by atoms with Crippen LogP contribution in [0.5, 0.6) is 0 Å². The summed E-state index contributed by atoms with van der Waals surface area (Å²) in [7, 11) is 5.41. The Labute approximate surface area is 98.7 Å². The third-order valence-corrected chi connectivity index (χ3v) is 2.41. The van der Waals surface area contributed by atoms with E-state index in [0.717, 1.165) is 25.2 Å². The molecule has 86 valence electrons. The van der Waals surface area contributed by atoms with Gasteiger partial charge in [-0.2, -0.15) is 0 Å². The summed E-state index contributed by atoms with van der Waals surface area (Å²) in [6.07, 6.45) is 2.88. The Balaban J connectivity index is 2.72. The van der Waals surface area contributed by atoms with Gasteiger partial charge in [0.15, 0.2) is 7.98 Å². The van der Waals surface area contributed by atoms with Gasteiger partial charge in [0.2, 0.25) is 0 Å². The number of aromatic nitrogens is 1. The predicted molar refractivity (Wildman–Crippen MR) is 69.5 cm³/mol. The quantitative estimate of drug-likeness (QED) is 0.698. The van der Waals surface area contributed by atoms with Crippen LogP contribution in [-0.4, -0.2) is 32.1 Å². The van der Waals surface area contributed by atoms with Crippen molar-refractivity contribution in [2.24, 2.45) is 0 Å². The maximum atomic E-state index is 5.57. The lowest BCUT2D eigenvalue weighted by Crippen LogP contribution is -2.38. The van der Waals surface area contributed by atoms with Crippen LogP contribution < -0.4 is 15.9 Å². The van der Waals surface area contributed by atoms with Gasteiger partial charge in [0, 0.05) is 19.1 Å². The Morgan fingerprint density at radius 2 is 2.31 bits per heavy atom. The molecule has 1 atom stereocenters. The molecule has 0 spiro atoms. The highest BCUT2D eigenvalue weighted by Gasteiger charge is 2.08. The smallest absolute Gasteiger partial charge is 0.178 e. The van der Waals surface area contributed by atoms with Crippen LogP contribution in [0, 0.1) is 0 Å². The van der Waals surface area contributed by atoms with Crippen LogP contribution in [-0.2, 0) is 0 Å². The minimum absolute atomic E-state index is 0.240. The molecule has 2 radical (unpaired) electrons. The van der Waals surface area contributed by atoms with Crippen molar-refractivity contribution >= 4 is 19.5 Å². The molecular formula is C11H19BN4. The van der Waals surface area contributed by atoms with Gasteiger partial charge in [-0.15, -0.1) is 0 Å². The molecule has 3 N–H and O–H groups in total. The van der Waals surface area contributed by atoms with Gasteiger partial charge in [-0.25, -0.2) is 4.98 Å². The summed E-state index contributed by atoms with van der Waals surface area (Å²) in [5.41, 5.74) is 6.65. The van der Waals surface area contributed by atoms with E-state index < -0.39 is 0 Å². The highest BCUT2D eigenvalue weighted by molar-refractivity contribution is 6.04. The van der Waals surface area contributed by atoms with Crippen LogP contribution in [0.3, 0.4) is 0 Å². The molecular weight excluding hydrogens is 199 g/mol. The summed E-state index contributed by atoms with van der Waals surface area (Å²) in [5, 5.41) is 2.75. The topological polar surface area (TPSA) is 54.2 Å². The van der Waals surface area contributed by atoms with E-state index in [1.165, 1.54) is 0 Å². The molecule has 0 saturated carbocycles. The van der Waals surface area contributed by atoms with E-state index in [-0.39, 0.29) is 6.04 Å². The van der Waals surface area contributed by atoms with Crippen LogP contribution >= 0.6 is 0 Å². The predicted octanol–water partition coefficient (Wildman–Crippen LogP) is 0.942. The number of rotatable bonds is 6. The van der Waals surface area contributed by atoms with Crippen LogP contribution in [0.2, 0.25) is 0 Å². The molecule has 0 saturated heterocycles. The Morgan fingerprint density at radius 3 is 2.81 bits per heavy atom. The fourth-order valence-corrected chi connectivity index (χ4v) is 1.56. The van der Waals surface area contributed by atoms with E-state index in [9.17, 15) is 0 Å². The number of nitrogens with zero attached hydrogens (tertiary/aromatic N) is 2. The number of pyridine rings is 1. The van der Waals surface area contributed by atoms with E-state index in [0.29, 0.717) is 5.82 Å². The standard InChI is InChI=1S/C11H19BN4/c1-3-6-16(8-9(2)15-12)10-4-5-11(13)14-7-10/h4-5,7,9,15H,3,6,8H2,1-2H3,(H2,13,14). The molecule has 1 rings (SSSR count). The van der Waals surface area contributed by atoms with Crippen molar-refractivity contribution in [3.8, 4) is 0 Å². The number of hydrogen-bond donors (Lipinski definition) is 2. The van der Waals surface area contributed by atoms with Gasteiger partial charge in [-0.3, -0.25) is 0 Å². The molecule has 1 aromatic heterocycles. The Morgan fingerprint density at radius 1 is 1.56 bits per heavy atom. The molecule has 0 aliphatic rings. The van der Waals surface area contributed by atoms with Crippen LogP contribution in [0.25, 0.3) is 0 Å². The molecule has 0 aromatic carbocycles. The monoisotopic (exact) mass is 218 g/mol. The van der Waals surface area contributed by atoms with Crippen LogP contribution in [0.15, 0.2) is 18.3 Å². The van der Waals surface area contributed by atoms with Crippen molar-refractivity contribution < 1.29 is 0 Å². The molecule has 16 heavy (non-hydrogen) atoms. The third kappa shape index (κ3) is 3.74. The zero-order chi connectivity index (χ0) is 12.0. The van der Waals surface area contributed by atoms with Crippen molar-refractivity contribution in [2.75, 3.05) is 23.7 Å². The first kappa shape index (κ1) is 12.8. The molecule has 5 heteroatoms. The van der Waals surface area contributed by atoms with Gasteiger partial charge in [-0.1, -0.05) is 6.92 Å². The van der Waals surface area contributed by atoms with Gasteiger partial charge in [0.25, 0.3) is 0 Å². The lowest BCUT2D eigenvalue weighted by atomic mass is 10.2. The van der Waals surface area contributed by atoms with Crippen molar-refractivity contribution in [2.45, 2.75) is 26.3 Å². The molecule has 1 heterocycles. The molecule has 0 fully saturated rings.